The van der Waals surface area contributed by atoms with E-state index in [1.807, 2.05) is 6.07 Å². The summed E-state index contributed by atoms with van der Waals surface area (Å²) < 4.78 is 0. The highest BCUT2D eigenvalue weighted by atomic mass is 35.5. The molecule has 0 saturated carbocycles. The Balaban J connectivity index is 3.16. The lowest BCUT2D eigenvalue weighted by atomic mass is 10.5. The molecular weight excluding hydrogens is 159 g/mol. The zero-order valence-electron chi connectivity index (χ0n) is 4.28. The summed E-state index contributed by atoms with van der Waals surface area (Å²) >= 11 is 11.0. The van der Waals surface area contributed by atoms with Crippen molar-refractivity contribution in [3.05, 3.63) is 21.9 Å². The molecule has 2 nitrogen and oxygen atoms in total. The molecule has 1 N–H and O–H groups in total. The lowest BCUT2D eigenvalue weighted by Crippen LogP contribution is -1.66. The lowest BCUT2D eigenvalue weighted by molar-refractivity contribution is 1.33. The number of hydrogen-bond donors (Lipinski definition) is 1. The Kier molecular flexibility index (Phi) is 1.65. The summed E-state index contributed by atoms with van der Waals surface area (Å²) in [5, 5.41) is 8.97. The zero-order chi connectivity index (χ0) is 6.85. The maximum absolute atomic E-state index is 8.28. The second kappa shape index (κ2) is 2.30. The third-order valence-electron chi connectivity index (χ3n) is 0.846. The number of nitriles is 1. The molecule has 1 rings (SSSR count). The van der Waals surface area contributed by atoms with E-state index in [0.717, 1.165) is 0 Å². The first-order chi connectivity index (χ1) is 4.24. The molecule has 1 aromatic heterocycles. The van der Waals surface area contributed by atoms with E-state index in [-0.39, 0.29) is 0 Å². The van der Waals surface area contributed by atoms with E-state index < -0.39 is 0 Å². The van der Waals surface area contributed by atoms with Gasteiger partial charge in [-0.3, -0.25) is 0 Å². The Morgan fingerprint density at radius 3 is 2.44 bits per heavy atom. The molecule has 0 fully saturated rings. The van der Waals surface area contributed by atoms with Gasteiger partial charge in [-0.2, -0.15) is 5.26 Å². The van der Waals surface area contributed by atoms with Gasteiger partial charge in [0.1, 0.15) is 16.9 Å². The maximum atomic E-state index is 8.28. The fourth-order valence-corrected chi connectivity index (χ4v) is 0.777. The highest BCUT2D eigenvalue weighted by Crippen LogP contribution is 2.20. The van der Waals surface area contributed by atoms with Crippen molar-refractivity contribution in [1.82, 2.24) is 4.98 Å². The van der Waals surface area contributed by atoms with Crippen molar-refractivity contribution in [2.45, 2.75) is 0 Å². The van der Waals surface area contributed by atoms with Crippen LogP contribution in [0.5, 0.6) is 0 Å². The number of aromatic amines is 1. The van der Waals surface area contributed by atoms with Gasteiger partial charge in [0.15, 0.2) is 0 Å². The van der Waals surface area contributed by atoms with Crippen molar-refractivity contribution >= 4 is 23.2 Å². The molecule has 0 amide bonds. The van der Waals surface area contributed by atoms with E-state index in [1.54, 1.807) is 0 Å². The summed E-state index contributed by atoms with van der Waals surface area (Å²) in [4.78, 5) is 2.57. The molecule has 0 bridgehead atoms. The third-order valence-corrected chi connectivity index (χ3v) is 1.54. The molecule has 0 spiro atoms. The average Bonchev–Trinajstić information content (AvgIpc) is 2.13. The molecule has 0 saturated heterocycles. The summed E-state index contributed by atoms with van der Waals surface area (Å²) in [6.45, 7) is 0. The molecule has 9 heavy (non-hydrogen) atoms. The van der Waals surface area contributed by atoms with Crippen LogP contribution in [0.2, 0.25) is 10.2 Å². The van der Waals surface area contributed by atoms with Crippen LogP contribution in [-0.4, -0.2) is 4.98 Å². The van der Waals surface area contributed by atoms with Gasteiger partial charge in [0.25, 0.3) is 0 Å². The van der Waals surface area contributed by atoms with Gasteiger partial charge in [0.2, 0.25) is 0 Å². The summed E-state index contributed by atoms with van der Waals surface area (Å²) in [5.41, 5.74) is 0.380. The fraction of sp³-hybridized carbons (Fsp3) is 0. The van der Waals surface area contributed by atoms with Crippen molar-refractivity contribution in [3.63, 3.8) is 0 Å². The van der Waals surface area contributed by atoms with Crippen LogP contribution in [-0.2, 0) is 0 Å². The largest absolute Gasteiger partial charge is 0.336 e. The van der Waals surface area contributed by atoms with Gasteiger partial charge in [-0.05, 0) is 6.07 Å². The van der Waals surface area contributed by atoms with Gasteiger partial charge in [0, 0.05) is 0 Å². The van der Waals surface area contributed by atoms with Crippen LogP contribution in [0.25, 0.3) is 0 Å². The first-order valence-corrected chi connectivity index (χ1v) is 2.93. The van der Waals surface area contributed by atoms with Gasteiger partial charge < -0.3 is 4.98 Å². The summed E-state index contributed by atoms with van der Waals surface area (Å²) in [6, 6.07) is 3.34. The Morgan fingerprint density at radius 2 is 2.22 bits per heavy atom. The number of nitrogens with zero attached hydrogens (tertiary/aromatic N) is 1. The van der Waals surface area contributed by atoms with Gasteiger partial charge >= 0.3 is 0 Å². The van der Waals surface area contributed by atoms with Crippen molar-refractivity contribution in [3.8, 4) is 6.07 Å². The predicted molar refractivity (Wildman–Crippen MR) is 35.5 cm³/mol. The highest BCUT2D eigenvalue weighted by molar-refractivity contribution is 6.41. The number of aromatic nitrogens is 1. The molecule has 1 aromatic rings. The molecule has 0 aromatic carbocycles. The SMILES string of the molecule is N#Cc1cc(Cl)c(Cl)[nH]1. The molecule has 46 valence electrons. The minimum absolute atomic E-state index is 0.313. The number of H-pyrrole nitrogens is 1. The van der Waals surface area contributed by atoms with Crippen LogP contribution < -0.4 is 0 Å². The Labute approximate surface area is 62.0 Å². The van der Waals surface area contributed by atoms with Crippen LogP contribution in [0.3, 0.4) is 0 Å². The van der Waals surface area contributed by atoms with Crippen molar-refractivity contribution in [2.24, 2.45) is 0 Å². The molecule has 4 heteroatoms. The second-order valence-electron chi connectivity index (χ2n) is 1.46. The van der Waals surface area contributed by atoms with E-state index in [4.69, 9.17) is 28.5 Å². The summed E-state index contributed by atoms with van der Waals surface area (Å²) in [5.74, 6) is 0. The van der Waals surface area contributed by atoms with Crippen LogP contribution in [0.4, 0.5) is 0 Å². The van der Waals surface area contributed by atoms with Gasteiger partial charge in [-0.25, -0.2) is 0 Å². The maximum Gasteiger partial charge on any atom is 0.126 e. The number of rotatable bonds is 0. The standard InChI is InChI=1S/C5H2Cl2N2/c6-4-1-3(2-8)9-5(4)7/h1,9H. The molecular formula is C5H2Cl2N2. The van der Waals surface area contributed by atoms with E-state index >= 15 is 0 Å². The third kappa shape index (κ3) is 1.18. The van der Waals surface area contributed by atoms with E-state index in [2.05, 4.69) is 4.98 Å². The molecule has 0 aliphatic rings. The van der Waals surface area contributed by atoms with Crippen LogP contribution in [0, 0.1) is 11.3 Å². The van der Waals surface area contributed by atoms with E-state index in [9.17, 15) is 0 Å². The Bertz CT molecular complexity index is 239. The van der Waals surface area contributed by atoms with Gasteiger partial charge in [0.05, 0.1) is 5.02 Å². The minimum atomic E-state index is 0.313. The Morgan fingerprint density at radius 1 is 1.56 bits per heavy atom. The first kappa shape index (κ1) is 6.47. The summed E-state index contributed by atoms with van der Waals surface area (Å²) in [7, 11) is 0. The Hall–Kier alpha value is -0.650. The van der Waals surface area contributed by atoms with E-state index in [0.29, 0.717) is 15.9 Å². The number of nitrogens with one attached hydrogen (secondary N) is 1. The monoisotopic (exact) mass is 160 g/mol. The summed E-state index contributed by atoms with van der Waals surface area (Å²) in [6.07, 6.45) is 0. The number of halogens is 2. The predicted octanol–water partition coefficient (Wildman–Crippen LogP) is 2.19. The second-order valence-corrected chi connectivity index (χ2v) is 2.24. The molecule has 1 heterocycles. The van der Waals surface area contributed by atoms with Crippen molar-refractivity contribution in [2.75, 3.05) is 0 Å². The lowest BCUT2D eigenvalue weighted by Gasteiger charge is -1.76. The minimum Gasteiger partial charge on any atom is -0.336 e. The van der Waals surface area contributed by atoms with Crippen LogP contribution >= 0.6 is 23.2 Å². The zero-order valence-corrected chi connectivity index (χ0v) is 5.79. The normalized spacial score (nSPS) is 9.00. The molecule has 0 unspecified atom stereocenters. The van der Waals surface area contributed by atoms with Crippen molar-refractivity contribution in [1.29, 1.82) is 5.26 Å². The molecule has 0 aliphatic heterocycles. The fourth-order valence-electron chi connectivity index (χ4n) is 0.464. The number of hydrogen-bond acceptors (Lipinski definition) is 1. The average molecular weight is 161 g/mol. The van der Waals surface area contributed by atoms with Crippen LogP contribution in [0.15, 0.2) is 6.07 Å². The quantitative estimate of drug-likeness (QED) is 0.622. The van der Waals surface area contributed by atoms with Crippen LogP contribution in [0.1, 0.15) is 5.69 Å². The first-order valence-electron chi connectivity index (χ1n) is 2.18. The molecule has 0 aliphatic carbocycles. The highest BCUT2D eigenvalue weighted by Gasteiger charge is 2.00. The molecule has 0 atom stereocenters. The van der Waals surface area contributed by atoms with Crippen molar-refractivity contribution < 1.29 is 0 Å². The van der Waals surface area contributed by atoms with Gasteiger partial charge in [-0.1, -0.05) is 23.2 Å². The van der Waals surface area contributed by atoms with E-state index in [1.165, 1.54) is 6.07 Å². The smallest absolute Gasteiger partial charge is 0.126 e. The topological polar surface area (TPSA) is 39.6 Å². The molecule has 0 radical (unpaired) electrons. The van der Waals surface area contributed by atoms with Gasteiger partial charge in [-0.15, -0.1) is 0 Å².